The monoisotopic (exact) mass is 223 g/mol. The molecule has 0 unspecified atom stereocenters. The molecule has 2 aromatic rings. The molecular weight excluding hydrogens is 212 g/mol. The molecular formula is C9H11N4O3+. The maximum Gasteiger partial charge on any atom is 0.302 e. The number of esters is 1. The van der Waals surface area contributed by atoms with Crippen LogP contribution in [0.15, 0.2) is 17.4 Å². The lowest BCUT2D eigenvalue weighted by Crippen LogP contribution is -2.38. The zero-order valence-electron chi connectivity index (χ0n) is 8.69. The average molecular weight is 223 g/mol. The van der Waals surface area contributed by atoms with Gasteiger partial charge in [0.2, 0.25) is 6.33 Å². The lowest BCUT2D eigenvalue weighted by molar-refractivity contribution is -0.672. The highest BCUT2D eigenvalue weighted by Gasteiger charge is 2.14. The van der Waals surface area contributed by atoms with Crippen LogP contribution in [-0.2, 0) is 16.1 Å². The Morgan fingerprint density at radius 3 is 3.12 bits per heavy atom. The lowest BCUT2D eigenvalue weighted by atomic mass is 10.5. The van der Waals surface area contributed by atoms with Crippen molar-refractivity contribution in [2.24, 2.45) is 0 Å². The van der Waals surface area contributed by atoms with Gasteiger partial charge < -0.3 is 9.72 Å². The van der Waals surface area contributed by atoms with Crippen LogP contribution in [0, 0.1) is 0 Å². The number of fused-ring (bicyclic) bond motifs is 1. The Morgan fingerprint density at radius 2 is 2.38 bits per heavy atom. The number of carbonyl (C=O) groups excluding carboxylic acids is 1. The Hall–Kier alpha value is -2.18. The smallest absolute Gasteiger partial charge is 0.302 e. The number of aromatic nitrogens is 4. The molecule has 7 nitrogen and oxygen atoms in total. The van der Waals surface area contributed by atoms with Crippen LogP contribution in [0.1, 0.15) is 6.92 Å². The van der Waals surface area contributed by atoms with Gasteiger partial charge in [-0.2, -0.15) is 4.98 Å². The standard InChI is InChI=1S/C9H10N4O3/c1-6(14)16-3-2-13-5-12-8-7(13)9(15)11-4-10-8/h4-5H,2-3H2,1H3,(H,10,11,15)/p+1. The molecule has 2 N–H and O–H groups in total. The summed E-state index contributed by atoms with van der Waals surface area (Å²) in [6.07, 6.45) is 2.95. The Labute approximate surface area is 90.1 Å². The lowest BCUT2D eigenvalue weighted by Gasteiger charge is -1.98. The predicted octanol–water partition coefficient (Wildman–Crippen LogP) is -0.898. The van der Waals surface area contributed by atoms with Crippen molar-refractivity contribution in [1.29, 1.82) is 0 Å². The second kappa shape index (κ2) is 4.13. The van der Waals surface area contributed by atoms with Gasteiger partial charge in [-0.1, -0.05) is 0 Å². The first-order chi connectivity index (χ1) is 7.68. The third-order valence-corrected chi connectivity index (χ3v) is 2.11. The number of ether oxygens (including phenoxy) is 1. The molecule has 0 amide bonds. The van der Waals surface area contributed by atoms with E-state index in [2.05, 4.69) is 15.0 Å². The van der Waals surface area contributed by atoms with Gasteiger partial charge in [-0.15, -0.1) is 0 Å². The summed E-state index contributed by atoms with van der Waals surface area (Å²) in [6.45, 7) is 1.98. The molecule has 16 heavy (non-hydrogen) atoms. The van der Waals surface area contributed by atoms with Crippen molar-refractivity contribution in [3.8, 4) is 0 Å². The predicted molar refractivity (Wildman–Crippen MR) is 53.5 cm³/mol. The minimum atomic E-state index is -0.340. The summed E-state index contributed by atoms with van der Waals surface area (Å²) in [6, 6.07) is 0. The molecule has 0 radical (unpaired) electrons. The van der Waals surface area contributed by atoms with Crippen LogP contribution < -0.4 is 10.1 Å². The van der Waals surface area contributed by atoms with Crippen molar-refractivity contribution < 1.29 is 14.1 Å². The first kappa shape index (κ1) is 10.3. The number of nitrogens with one attached hydrogen (secondary N) is 2. The SMILES string of the molecule is CC(=O)OCC[n+]1c[nH]c2nc[nH]c(=O)c21. The molecule has 0 aliphatic carbocycles. The topological polar surface area (TPSA) is 91.7 Å². The number of carbonyl (C=O) groups is 1. The van der Waals surface area contributed by atoms with Gasteiger partial charge in [-0.25, -0.2) is 9.55 Å². The Kier molecular flexibility index (Phi) is 2.67. The van der Waals surface area contributed by atoms with E-state index < -0.39 is 0 Å². The number of rotatable bonds is 3. The molecule has 0 saturated carbocycles. The second-order valence-electron chi connectivity index (χ2n) is 3.24. The van der Waals surface area contributed by atoms with Gasteiger partial charge in [0.1, 0.15) is 13.2 Å². The number of nitrogens with zero attached hydrogens (tertiary/aromatic N) is 2. The van der Waals surface area contributed by atoms with Crippen LogP contribution in [0.2, 0.25) is 0 Å². The number of hydrogen-bond acceptors (Lipinski definition) is 4. The molecule has 0 aliphatic rings. The van der Waals surface area contributed by atoms with Crippen molar-refractivity contribution in [2.45, 2.75) is 13.5 Å². The van der Waals surface area contributed by atoms with E-state index in [0.717, 1.165) is 0 Å². The van der Waals surface area contributed by atoms with Gasteiger partial charge in [-0.3, -0.25) is 9.59 Å². The summed E-state index contributed by atoms with van der Waals surface area (Å²) in [5.41, 5.74) is 0.718. The Morgan fingerprint density at radius 1 is 1.56 bits per heavy atom. The molecule has 0 saturated heterocycles. The first-order valence-electron chi connectivity index (χ1n) is 4.76. The largest absolute Gasteiger partial charge is 0.462 e. The van der Waals surface area contributed by atoms with Crippen molar-refractivity contribution >= 4 is 17.1 Å². The minimum absolute atomic E-state index is 0.223. The molecule has 84 valence electrons. The molecule has 7 heteroatoms. The second-order valence-corrected chi connectivity index (χ2v) is 3.24. The zero-order valence-corrected chi connectivity index (χ0v) is 8.69. The molecule has 0 atom stereocenters. The molecule has 0 fully saturated rings. The van der Waals surface area contributed by atoms with Crippen LogP contribution >= 0.6 is 0 Å². The quantitative estimate of drug-likeness (QED) is 0.521. The van der Waals surface area contributed by atoms with Crippen molar-refractivity contribution in [2.75, 3.05) is 6.61 Å². The highest BCUT2D eigenvalue weighted by Crippen LogP contribution is 1.94. The third kappa shape index (κ3) is 1.92. The van der Waals surface area contributed by atoms with Crippen LogP contribution in [0.25, 0.3) is 11.2 Å². The van der Waals surface area contributed by atoms with E-state index in [4.69, 9.17) is 4.74 Å². The van der Waals surface area contributed by atoms with Gasteiger partial charge in [0.25, 0.3) is 11.2 Å². The maximum absolute atomic E-state index is 11.5. The van der Waals surface area contributed by atoms with Crippen LogP contribution in [0.3, 0.4) is 0 Å². The van der Waals surface area contributed by atoms with Crippen molar-refractivity contribution in [3.63, 3.8) is 0 Å². The summed E-state index contributed by atoms with van der Waals surface area (Å²) in [5.74, 6) is -0.340. The molecule has 0 aromatic carbocycles. The number of H-pyrrole nitrogens is 2. The summed E-state index contributed by atoms with van der Waals surface area (Å²) < 4.78 is 6.45. The summed E-state index contributed by atoms with van der Waals surface area (Å²) in [7, 11) is 0. The number of aromatic amines is 2. The van der Waals surface area contributed by atoms with E-state index in [1.165, 1.54) is 13.3 Å². The molecule has 2 rings (SSSR count). The van der Waals surface area contributed by atoms with Gasteiger partial charge in [0.05, 0.1) is 6.33 Å². The molecule has 2 heterocycles. The van der Waals surface area contributed by atoms with Crippen LogP contribution in [0.4, 0.5) is 0 Å². The van der Waals surface area contributed by atoms with Crippen molar-refractivity contribution in [1.82, 2.24) is 15.0 Å². The highest BCUT2D eigenvalue weighted by atomic mass is 16.5. The normalized spacial score (nSPS) is 10.6. The average Bonchev–Trinajstić information content (AvgIpc) is 2.62. The van der Waals surface area contributed by atoms with E-state index in [1.807, 2.05) is 0 Å². The molecule has 0 bridgehead atoms. The molecule has 0 aliphatic heterocycles. The Bertz CT molecular complexity index is 571. The summed E-state index contributed by atoms with van der Waals surface area (Å²) in [5, 5.41) is 0. The van der Waals surface area contributed by atoms with Gasteiger partial charge in [0.15, 0.2) is 0 Å². The number of imidazole rings is 1. The summed E-state index contributed by atoms with van der Waals surface area (Å²) in [4.78, 5) is 31.4. The fraction of sp³-hybridized carbons (Fsp3) is 0.333. The zero-order chi connectivity index (χ0) is 11.5. The van der Waals surface area contributed by atoms with E-state index in [1.54, 1.807) is 10.9 Å². The first-order valence-corrected chi connectivity index (χ1v) is 4.76. The maximum atomic E-state index is 11.5. The van der Waals surface area contributed by atoms with Gasteiger partial charge >= 0.3 is 11.5 Å². The highest BCUT2D eigenvalue weighted by molar-refractivity contribution is 5.65. The Balaban J connectivity index is 2.25. The fourth-order valence-electron chi connectivity index (χ4n) is 1.43. The molecule has 2 aromatic heterocycles. The third-order valence-electron chi connectivity index (χ3n) is 2.11. The minimum Gasteiger partial charge on any atom is -0.462 e. The van der Waals surface area contributed by atoms with E-state index in [-0.39, 0.29) is 18.1 Å². The van der Waals surface area contributed by atoms with Gasteiger partial charge in [0, 0.05) is 6.92 Å². The van der Waals surface area contributed by atoms with Crippen LogP contribution in [-0.4, -0.2) is 27.5 Å². The summed E-state index contributed by atoms with van der Waals surface area (Å²) >= 11 is 0. The molecule has 0 spiro atoms. The van der Waals surface area contributed by atoms with Gasteiger partial charge in [-0.05, 0) is 0 Å². The fourth-order valence-corrected chi connectivity index (χ4v) is 1.43. The van der Waals surface area contributed by atoms with E-state index in [9.17, 15) is 9.59 Å². The van der Waals surface area contributed by atoms with E-state index >= 15 is 0 Å². The number of hydrogen-bond donors (Lipinski definition) is 2. The van der Waals surface area contributed by atoms with E-state index in [0.29, 0.717) is 17.7 Å². The van der Waals surface area contributed by atoms with Crippen LogP contribution in [0.5, 0.6) is 0 Å². The van der Waals surface area contributed by atoms with Crippen molar-refractivity contribution in [3.05, 3.63) is 23.0 Å².